The molecule has 2 amide bonds. The monoisotopic (exact) mass is 322 g/mol. The topological polar surface area (TPSA) is 41.1 Å². The fourth-order valence-electron chi connectivity index (χ4n) is 1.09. The first kappa shape index (κ1) is 14.6. The second-order valence-corrected chi connectivity index (χ2v) is 4.52. The third kappa shape index (κ3) is 4.79. The van der Waals surface area contributed by atoms with Gasteiger partial charge in [-0.05, 0) is 24.3 Å². The largest absolute Gasteiger partial charge is 0.416 e. The zero-order valence-corrected chi connectivity index (χ0v) is 10.7. The maximum atomic E-state index is 12.3. The van der Waals surface area contributed by atoms with Crippen molar-refractivity contribution < 1.29 is 18.0 Å². The van der Waals surface area contributed by atoms with Crippen molar-refractivity contribution in [1.82, 2.24) is 5.32 Å². The number of urea groups is 1. The number of benzene rings is 1. The molecule has 0 spiro atoms. The van der Waals surface area contributed by atoms with Crippen LogP contribution in [0.4, 0.5) is 23.7 Å². The van der Waals surface area contributed by atoms with Gasteiger partial charge in [0, 0.05) is 10.2 Å². The van der Waals surface area contributed by atoms with Gasteiger partial charge in [0.15, 0.2) is 0 Å². The molecular formula is C11H10BrF3N2O. The molecule has 0 aromatic heterocycles. The van der Waals surface area contributed by atoms with Crippen molar-refractivity contribution in [3.8, 4) is 0 Å². The van der Waals surface area contributed by atoms with Gasteiger partial charge in [0.05, 0.1) is 12.1 Å². The third-order valence-electron chi connectivity index (χ3n) is 1.91. The second kappa shape index (κ2) is 5.90. The summed E-state index contributed by atoms with van der Waals surface area (Å²) in [5.74, 6) is 0. The first-order chi connectivity index (χ1) is 8.29. The first-order valence-electron chi connectivity index (χ1n) is 4.84. The van der Waals surface area contributed by atoms with Gasteiger partial charge in [0.25, 0.3) is 0 Å². The molecule has 0 aliphatic carbocycles. The Hall–Kier alpha value is -1.50. The fraction of sp³-hybridized carbons (Fsp3) is 0.182. The van der Waals surface area contributed by atoms with Crippen LogP contribution in [0.25, 0.3) is 0 Å². The van der Waals surface area contributed by atoms with Crippen molar-refractivity contribution in [1.29, 1.82) is 0 Å². The Morgan fingerprint density at radius 2 is 1.83 bits per heavy atom. The molecule has 0 unspecified atom stereocenters. The molecular weight excluding hydrogens is 313 g/mol. The number of hydrogen-bond acceptors (Lipinski definition) is 1. The van der Waals surface area contributed by atoms with E-state index in [0.29, 0.717) is 4.48 Å². The minimum Gasteiger partial charge on any atom is -0.333 e. The molecule has 0 saturated carbocycles. The molecule has 7 heteroatoms. The lowest BCUT2D eigenvalue weighted by atomic mass is 10.2. The van der Waals surface area contributed by atoms with E-state index >= 15 is 0 Å². The zero-order chi connectivity index (χ0) is 13.8. The molecule has 0 saturated heterocycles. The number of carbonyl (C=O) groups excluding carboxylic acids is 1. The molecule has 0 fully saturated rings. The summed E-state index contributed by atoms with van der Waals surface area (Å²) in [4.78, 5) is 11.3. The van der Waals surface area contributed by atoms with Crippen molar-refractivity contribution in [3.05, 3.63) is 40.9 Å². The van der Waals surface area contributed by atoms with Crippen LogP contribution in [0.15, 0.2) is 35.3 Å². The van der Waals surface area contributed by atoms with E-state index in [1.54, 1.807) is 0 Å². The average molecular weight is 323 g/mol. The summed E-state index contributed by atoms with van der Waals surface area (Å²) < 4.78 is 37.4. The molecule has 98 valence electrons. The van der Waals surface area contributed by atoms with Gasteiger partial charge in [0.2, 0.25) is 0 Å². The minimum absolute atomic E-state index is 0.229. The quantitative estimate of drug-likeness (QED) is 0.874. The fourth-order valence-corrected chi connectivity index (χ4v) is 1.23. The Kier molecular flexibility index (Phi) is 4.77. The summed E-state index contributed by atoms with van der Waals surface area (Å²) in [6, 6.07) is 3.66. The Morgan fingerprint density at radius 1 is 1.28 bits per heavy atom. The van der Waals surface area contributed by atoms with E-state index in [-0.39, 0.29) is 12.2 Å². The van der Waals surface area contributed by atoms with Gasteiger partial charge in [-0.25, -0.2) is 4.79 Å². The molecule has 0 heterocycles. The number of hydrogen-bond donors (Lipinski definition) is 2. The Labute approximate surface area is 110 Å². The van der Waals surface area contributed by atoms with Crippen LogP contribution in [0.3, 0.4) is 0 Å². The van der Waals surface area contributed by atoms with E-state index in [1.165, 1.54) is 12.1 Å². The predicted octanol–water partition coefficient (Wildman–Crippen LogP) is 3.74. The molecule has 1 aromatic rings. The summed E-state index contributed by atoms with van der Waals surface area (Å²) >= 11 is 3.06. The second-order valence-electron chi connectivity index (χ2n) is 3.40. The highest BCUT2D eigenvalue weighted by Crippen LogP contribution is 2.29. The van der Waals surface area contributed by atoms with Crippen LogP contribution >= 0.6 is 15.9 Å². The van der Waals surface area contributed by atoms with E-state index in [4.69, 9.17) is 0 Å². The Balaban J connectivity index is 2.59. The number of amides is 2. The lowest BCUT2D eigenvalue weighted by Crippen LogP contribution is -2.29. The molecule has 0 radical (unpaired) electrons. The van der Waals surface area contributed by atoms with E-state index in [0.717, 1.165) is 12.1 Å². The van der Waals surface area contributed by atoms with E-state index in [2.05, 4.69) is 33.1 Å². The van der Waals surface area contributed by atoms with Crippen molar-refractivity contribution in [2.45, 2.75) is 6.18 Å². The van der Waals surface area contributed by atoms with Crippen LogP contribution in [0.5, 0.6) is 0 Å². The van der Waals surface area contributed by atoms with Gasteiger partial charge >= 0.3 is 12.2 Å². The summed E-state index contributed by atoms with van der Waals surface area (Å²) in [7, 11) is 0. The van der Waals surface area contributed by atoms with Crippen LogP contribution < -0.4 is 10.6 Å². The summed E-state index contributed by atoms with van der Waals surface area (Å²) in [6.45, 7) is 3.75. The van der Waals surface area contributed by atoms with E-state index in [1.807, 2.05) is 0 Å². The van der Waals surface area contributed by atoms with Gasteiger partial charge in [-0.2, -0.15) is 13.2 Å². The van der Waals surface area contributed by atoms with Crippen molar-refractivity contribution in [2.75, 3.05) is 11.9 Å². The lowest BCUT2D eigenvalue weighted by molar-refractivity contribution is -0.137. The SMILES string of the molecule is C=C(Br)CNC(=O)Nc1ccc(C(F)(F)F)cc1. The van der Waals surface area contributed by atoms with Crippen LogP contribution in [0.1, 0.15) is 5.56 Å². The Bertz CT molecular complexity index is 443. The standard InChI is InChI=1S/C11H10BrF3N2O/c1-7(12)6-16-10(18)17-9-4-2-8(3-5-9)11(13,14)15/h2-5H,1,6H2,(H2,16,17,18). The lowest BCUT2D eigenvalue weighted by Gasteiger charge is -2.09. The number of anilines is 1. The minimum atomic E-state index is -4.38. The first-order valence-corrected chi connectivity index (χ1v) is 5.64. The summed E-state index contributed by atoms with van der Waals surface area (Å²) in [5.41, 5.74) is -0.483. The Morgan fingerprint density at radius 3 is 2.28 bits per heavy atom. The predicted molar refractivity (Wildman–Crippen MR) is 66.5 cm³/mol. The summed E-state index contributed by atoms with van der Waals surface area (Å²) in [5, 5.41) is 4.85. The normalized spacial score (nSPS) is 10.9. The maximum Gasteiger partial charge on any atom is 0.416 e. The summed E-state index contributed by atoms with van der Waals surface area (Å²) in [6.07, 6.45) is -4.38. The molecule has 2 N–H and O–H groups in total. The van der Waals surface area contributed by atoms with Crippen molar-refractivity contribution in [2.24, 2.45) is 0 Å². The van der Waals surface area contributed by atoms with Crippen LogP contribution in [-0.2, 0) is 6.18 Å². The highest BCUT2D eigenvalue weighted by atomic mass is 79.9. The molecule has 3 nitrogen and oxygen atoms in total. The van der Waals surface area contributed by atoms with E-state index < -0.39 is 17.8 Å². The number of halogens is 4. The van der Waals surface area contributed by atoms with Crippen molar-refractivity contribution >= 4 is 27.6 Å². The van der Waals surface area contributed by atoms with Gasteiger partial charge in [-0.1, -0.05) is 22.5 Å². The maximum absolute atomic E-state index is 12.3. The van der Waals surface area contributed by atoms with Crippen LogP contribution in [0, 0.1) is 0 Å². The third-order valence-corrected chi connectivity index (χ3v) is 2.19. The smallest absolute Gasteiger partial charge is 0.333 e. The molecule has 0 aliphatic heterocycles. The van der Waals surface area contributed by atoms with Gasteiger partial charge < -0.3 is 10.6 Å². The molecule has 0 aliphatic rings. The van der Waals surface area contributed by atoms with Gasteiger partial charge in [0.1, 0.15) is 0 Å². The zero-order valence-electron chi connectivity index (χ0n) is 9.14. The van der Waals surface area contributed by atoms with Crippen LogP contribution in [0.2, 0.25) is 0 Å². The number of carbonyl (C=O) groups is 1. The average Bonchev–Trinajstić information content (AvgIpc) is 2.26. The highest BCUT2D eigenvalue weighted by molar-refractivity contribution is 9.11. The number of nitrogens with one attached hydrogen (secondary N) is 2. The molecule has 0 atom stereocenters. The molecule has 1 rings (SSSR count). The molecule has 1 aromatic carbocycles. The van der Waals surface area contributed by atoms with Crippen molar-refractivity contribution in [3.63, 3.8) is 0 Å². The highest BCUT2D eigenvalue weighted by Gasteiger charge is 2.29. The molecule has 0 bridgehead atoms. The van der Waals surface area contributed by atoms with Gasteiger partial charge in [-0.3, -0.25) is 0 Å². The van der Waals surface area contributed by atoms with Gasteiger partial charge in [-0.15, -0.1) is 0 Å². The number of rotatable bonds is 3. The van der Waals surface area contributed by atoms with Crippen LogP contribution in [-0.4, -0.2) is 12.6 Å². The van der Waals surface area contributed by atoms with E-state index in [9.17, 15) is 18.0 Å². The number of alkyl halides is 3. The molecule has 18 heavy (non-hydrogen) atoms.